The van der Waals surface area contributed by atoms with Crippen molar-refractivity contribution in [3.63, 3.8) is 0 Å². The summed E-state index contributed by atoms with van der Waals surface area (Å²) in [5.74, 6) is 0. The van der Waals surface area contributed by atoms with E-state index in [1.165, 1.54) is 238 Å². The van der Waals surface area contributed by atoms with E-state index in [0.29, 0.717) is 0 Å². The molecule has 0 bridgehead atoms. The van der Waals surface area contributed by atoms with Gasteiger partial charge in [0.15, 0.2) is 0 Å². The lowest BCUT2D eigenvalue weighted by Crippen LogP contribution is -3.00. The molecular formula is C42H85BrN2. The van der Waals surface area contributed by atoms with Crippen LogP contribution in [0, 0.1) is 0 Å². The molecule has 270 valence electrons. The van der Waals surface area contributed by atoms with Gasteiger partial charge in [-0.1, -0.05) is 206 Å². The maximum Gasteiger partial charge on any atom is 0.234 e. The average Bonchev–Trinajstić information content (AvgIpc) is 3.52. The Kier molecular flexibility index (Phi) is 36.7. The molecule has 0 unspecified atom stereocenters. The summed E-state index contributed by atoms with van der Waals surface area (Å²) in [5, 5.41) is 0. The Labute approximate surface area is 296 Å². The molecule has 1 rings (SSSR count). The Morgan fingerprint density at radius 1 is 0.422 bits per heavy atom. The van der Waals surface area contributed by atoms with Crippen LogP contribution in [0.4, 0.5) is 0 Å². The van der Waals surface area contributed by atoms with Crippen molar-refractivity contribution in [1.29, 1.82) is 0 Å². The minimum absolute atomic E-state index is 0. The molecule has 0 N–H and O–H groups in total. The molecule has 0 saturated heterocycles. The zero-order valence-electron chi connectivity index (χ0n) is 31.6. The van der Waals surface area contributed by atoms with Crippen LogP contribution in [0.5, 0.6) is 0 Å². The van der Waals surface area contributed by atoms with Gasteiger partial charge in [-0.2, -0.15) is 0 Å². The van der Waals surface area contributed by atoms with Crippen molar-refractivity contribution >= 4 is 6.34 Å². The first-order valence-electron chi connectivity index (χ1n) is 21.2. The normalized spacial score (nSPS) is 13.2. The molecule has 0 amide bonds. The molecule has 0 radical (unpaired) electrons. The molecule has 3 heteroatoms. The molecule has 0 spiro atoms. The van der Waals surface area contributed by atoms with Gasteiger partial charge in [-0.15, -0.1) is 0 Å². The molecule has 45 heavy (non-hydrogen) atoms. The van der Waals surface area contributed by atoms with Gasteiger partial charge >= 0.3 is 0 Å². The quantitative estimate of drug-likeness (QED) is 0.0467. The van der Waals surface area contributed by atoms with Gasteiger partial charge in [-0.25, -0.2) is 0 Å². The largest absolute Gasteiger partial charge is 1.00 e. The monoisotopic (exact) mass is 697 g/mol. The number of nitrogens with zero attached hydrogens (tertiary/aromatic N) is 2. The molecule has 0 atom stereocenters. The molecule has 0 aromatic rings. The average molecular weight is 698 g/mol. The van der Waals surface area contributed by atoms with E-state index in [-0.39, 0.29) is 17.0 Å². The van der Waals surface area contributed by atoms with Crippen LogP contribution >= 0.6 is 0 Å². The molecule has 2 nitrogen and oxygen atoms in total. The Balaban J connectivity index is 0.0000194. The Hall–Kier alpha value is -0.0500. The number of unbranched alkanes of at least 4 members (excludes halogenated alkanes) is 30. The van der Waals surface area contributed by atoms with E-state index < -0.39 is 0 Å². The van der Waals surface area contributed by atoms with Gasteiger partial charge in [0.25, 0.3) is 0 Å². The van der Waals surface area contributed by atoms with Crippen molar-refractivity contribution in [2.75, 3.05) is 19.6 Å². The van der Waals surface area contributed by atoms with E-state index in [4.69, 9.17) is 0 Å². The Morgan fingerprint density at radius 2 is 0.689 bits per heavy atom. The van der Waals surface area contributed by atoms with Crippen LogP contribution in [-0.2, 0) is 0 Å². The fourth-order valence-corrected chi connectivity index (χ4v) is 7.42. The standard InChI is InChI=1S/C42H85N2.BrH/c1-4-7-9-11-13-15-17-19-21-23-25-27-29-31-33-35-37-42(44-40-39-43(6-3)41-44)38-36-34-32-30-28-26-24-22-20-18-16-14-12-10-8-5-2;/h41-42H,4-40H2,1-3H3;1H/q+1;/p-1. The molecular weight excluding hydrogens is 612 g/mol. The SMILES string of the molecule is CCCCCCCCCCCCCCCCCCC(CCCCCCCCCCCCCCCCCC)[N+]1=CN(CC)CC1.[Br-]. The minimum atomic E-state index is 0. The van der Waals surface area contributed by atoms with Gasteiger partial charge in [0.2, 0.25) is 6.34 Å². The number of hydrogen-bond acceptors (Lipinski definition) is 1. The second kappa shape index (κ2) is 36.8. The topological polar surface area (TPSA) is 6.25 Å². The van der Waals surface area contributed by atoms with E-state index in [1.807, 2.05) is 0 Å². The lowest BCUT2D eigenvalue weighted by atomic mass is 9.99. The maximum atomic E-state index is 2.72. The Bertz CT molecular complexity index is 555. The summed E-state index contributed by atoms with van der Waals surface area (Å²) in [4.78, 5) is 2.52. The lowest BCUT2D eigenvalue weighted by molar-refractivity contribution is -0.555. The highest BCUT2D eigenvalue weighted by Gasteiger charge is 2.24. The highest BCUT2D eigenvalue weighted by molar-refractivity contribution is 5.50. The van der Waals surface area contributed by atoms with Gasteiger partial charge in [-0.05, 0) is 32.6 Å². The van der Waals surface area contributed by atoms with E-state index in [9.17, 15) is 0 Å². The summed E-state index contributed by atoms with van der Waals surface area (Å²) in [7, 11) is 0. The zero-order valence-corrected chi connectivity index (χ0v) is 33.2. The fourth-order valence-electron chi connectivity index (χ4n) is 7.42. The van der Waals surface area contributed by atoms with Crippen LogP contribution in [0.1, 0.15) is 239 Å². The third-order valence-corrected chi connectivity index (χ3v) is 10.6. The third kappa shape index (κ3) is 29.8. The van der Waals surface area contributed by atoms with Gasteiger partial charge in [0.1, 0.15) is 13.1 Å². The summed E-state index contributed by atoms with van der Waals surface area (Å²) in [6.45, 7) is 10.6. The number of hydrogen-bond donors (Lipinski definition) is 0. The van der Waals surface area contributed by atoms with Crippen LogP contribution in [0.2, 0.25) is 0 Å². The molecule has 0 fully saturated rings. The van der Waals surface area contributed by atoms with E-state index in [1.54, 1.807) is 0 Å². The number of rotatable bonds is 36. The number of halogens is 1. The van der Waals surface area contributed by atoms with Crippen LogP contribution in [0.15, 0.2) is 0 Å². The van der Waals surface area contributed by atoms with E-state index >= 15 is 0 Å². The van der Waals surface area contributed by atoms with Crippen LogP contribution < -0.4 is 17.0 Å². The van der Waals surface area contributed by atoms with Crippen LogP contribution in [0.25, 0.3) is 0 Å². The van der Waals surface area contributed by atoms with Crippen molar-refractivity contribution in [1.82, 2.24) is 4.90 Å². The second-order valence-electron chi connectivity index (χ2n) is 14.8. The highest BCUT2D eigenvalue weighted by Crippen LogP contribution is 2.19. The van der Waals surface area contributed by atoms with Gasteiger partial charge < -0.3 is 17.0 Å². The zero-order chi connectivity index (χ0) is 31.6. The highest BCUT2D eigenvalue weighted by atomic mass is 79.9. The van der Waals surface area contributed by atoms with E-state index in [2.05, 4.69) is 36.6 Å². The predicted octanol–water partition coefficient (Wildman–Crippen LogP) is 11.0. The first-order chi connectivity index (χ1) is 21.8. The van der Waals surface area contributed by atoms with E-state index in [0.717, 1.165) is 6.04 Å². The summed E-state index contributed by atoms with van der Waals surface area (Å²) < 4.78 is 2.72. The van der Waals surface area contributed by atoms with Crippen LogP contribution in [0.3, 0.4) is 0 Å². The maximum absolute atomic E-state index is 2.72. The first kappa shape index (κ1) is 45.0. The molecule has 1 aliphatic heterocycles. The summed E-state index contributed by atoms with van der Waals surface area (Å²) in [5.41, 5.74) is 0. The van der Waals surface area contributed by atoms with Crippen molar-refractivity contribution in [3.8, 4) is 0 Å². The molecule has 0 aliphatic carbocycles. The third-order valence-electron chi connectivity index (χ3n) is 10.6. The summed E-state index contributed by atoms with van der Waals surface area (Å²) in [6, 6.07) is 0.796. The minimum Gasteiger partial charge on any atom is -1.00 e. The van der Waals surface area contributed by atoms with Crippen LogP contribution in [-0.4, -0.2) is 41.5 Å². The molecule has 0 aromatic heterocycles. The van der Waals surface area contributed by atoms with Gasteiger partial charge in [0.05, 0.1) is 12.6 Å². The van der Waals surface area contributed by atoms with Crippen molar-refractivity contribution < 1.29 is 21.6 Å². The smallest absolute Gasteiger partial charge is 0.234 e. The number of likely N-dealkylation sites (N-methyl/N-ethyl adjacent to an activating group) is 1. The lowest BCUT2D eigenvalue weighted by Gasteiger charge is -2.16. The Morgan fingerprint density at radius 3 is 0.933 bits per heavy atom. The second-order valence-corrected chi connectivity index (χ2v) is 14.8. The predicted molar refractivity (Wildman–Crippen MR) is 201 cm³/mol. The van der Waals surface area contributed by atoms with Gasteiger partial charge in [-0.3, -0.25) is 9.48 Å². The molecule has 1 heterocycles. The molecule has 0 aromatic carbocycles. The fraction of sp³-hybridized carbons (Fsp3) is 0.976. The first-order valence-corrected chi connectivity index (χ1v) is 21.2. The summed E-state index contributed by atoms with van der Waals surface area (Å²) >= 11 is 0. The molecule has 1 aliphatic rings. The molecule has 0 saturated carbocycles. The van der Waals surface area contributed by atoms with Gasteiger partial charge in [0, 0.05) is 0 Å². The summed E-state index contributed by atoms with van der Waals surface area (Å²) in [6.07, 6.45) is 52.2. The van der Waals surface area contributed by atoms with Crippen molar-refractivity contribution in [3.05, 3.63) is 0 Å². The van der Waals surface area contributed by atoms with Crippen molar-refractivity contribution in [2.24, 2.45) is 0 Å². The van der Waals surface area contributed by atoms with Crippen molar-refractivity contribution in [2.45, 2.75) is 245 Å².